The maximum atomic E-state index is 11.7. The fraction of sp³-hybridized carbons (Fsp3) is 0.444. The Hall–Kier alpha value is -1.49. The minimum atomic E-state index is -0.0478. The summed E-state index contributed by atoms with van der Waals surface area (Å²) < 4.78 is 0. The van der Waals surface area contributed by atoms with Crippen LogP contribution in [0.15, 0.2) is 18.5 Å². The monoisotopic (exact) mass is 194 g/mol. The van der Waals surface area contributed by atoms with E-state index in [0.29, 0.717) is 18.7 Å². The first-order valence-corrected chi connectivity index (χ1v) is 4.48. The van der Waals surface area contributed by atoms with Crippen LogP contribution in [0, 0.1) is 0 Å². The number of aromatic nitrogens is 2. The summed E-state index contributed by atoms with van der Waals surface area (Å²) >= 11 is 0. The third kappa shape index (κ3) is 2.77. The number of carbonyl (C=O) groups excluding carboxylic acids is 1. The van der Waals surface area contributed by atoms with E-state index < -0.39 is 0 Å². The van der Waals surface area contributed by atoms with Gasteiger partial charge in [-0.2, -0.15) is 10.2 Å². The average molecular weight is 194 g/mol. The van der Waals surface area contributed by atoms with E-state index in [-0.39, 0.29) is 5.91 Å². The first-order chi connectivity index (χ1) is 6.75. The molecule has 76 valence electrons. The molecule has 0 unspecified atom stereocenters. The molecule has 0 aliphatic carbocycles. The van der Waals surface area contributed by atoms with E-state index in [1.54, 1.807) is 18.0 Å². The van der Waals surface area contributed by atoms with Gasteiger partial charge in [0, 0.05) is 13.6 Å². The molecular weight excluding hydrogens is 180 g/mol. The Kier molecular flexibility index (Phi) is 4.00. The van der Waals surface area contributed by atoms with Crippen LogP contribution in [0.2, 0.25) is 0 Å². The van der Waals surface area contributed by atoms with Gasteiger partial charge in [0.05, 0.1) is 18.0 Å². The minimum Gasteiger partial charge on any atom is -0.342 e. The Bertz CT molecular complexity index is 288. The topological polar surface area (TPSA) is 72.1 Å². The van der Waals surface area contributed by atoms with Crippen LogP contribution in [-0.4, -0.2) is 41.1 Å². The quantitative estimate of drug-likeness (QED) is 0.726. The number of hydrogen-bond donors (Lipinski definition) is 1. The Labute approximate surface area is 82.9 Å². The minimum absolute atomic E-state index is 0.0478. The molecule has 1 aromatic rings. The molecule has 1 aromatic heterocycles. The van der Waals surface area contributed by atoms with Gasteiger partial charge in [-0.05, 0) is 19.0 Å². The summed E-state index contributed by atoms with van der Waals surface area (Å²) in [5, 5.41) is 7.25. The number of hydrogen-bond acceptors (Lipinski definition) is 4. The van der Waals surface area contributed by atoms with Crippen LogP contribution in [0.4, 0.5) is 0 Å². The molecule has 0 aromatic carbocycles. The summed E-state index contributed by atoms with van der Waals surface area (Å²) in [5.41, 5.74) is 5.91. The van der Waals surface area contributed by atoms with E-state index in [1.807, 2.05) is 0 Å². The molecule has 0 radical (unpaired) electrons. The molecular formula is C9H14N4O. The predicted octanol–water partition coefficient (Wildman–Crippen LogP) is -0.103. The normalized spacial score (nSPS) is 9.86. The smallest absolute Gasteiger partial charge is 0.255 e. The lowest BCUT2D eigenvalue weighted by molar-refractivity contribution is 0.0794. The van der Waals surface area contributed by atoms with Gasteiger partial charge in [0.25, 0.3) is 5.91 Å². The Morgan fingerprint density at radius 1 is 1.57 bits per heavy atom. The molecule has 1 rings (SSSR count). The summed E-state index contributed by atoms with van der Waals surface area (Å²) in [6.45, 7) is 1.25. The third-order valence-corrected chi connectivity index (χ3v) is 1.88. The van der Waals surface area contributed by atoms with Crippen molar-refractivity contribution in [3.05, 3.63) is 24.0 Å². The van der Waals surface area contributed by atoms with Crippen LogP contribution >= 0.6 is 0 Å². The van der Waals surface area contributed by atoms with E-state index in [1.165, 1.54) is 12.4 Å². The van der Waals surface area contributed by atoms with Crippen molar-refractivity contribution in [2.45, 2.75) is 6.42 Å². The molecule has 2 N–H and O–H groups in total. The number of rotatable bonds is 4. The van der Waals surface area contributed by atoms with Crippen LogP contribution in [0.1, 0.15) is 16.8 Å². The summed E-state index contributed by atoms with van der Waals surface area (Å²) in [7, 11) is 1.75. The summed E-state index contributed by atoms with van der Waals surface area (Å²) in [4.78, 5) is 13.3. The molecule has 14 heavy (non-hydrogen) atoms. The Balaban J connectivity index is 2.57. The summed E-state index contributed by atoms with van der Waals surface area (Å²) in [5.74, 6) is -0.0478. The Morgan fingerprint density at radius 3 is 2.93 bits per heavy atom. The molecule has 0 aliphatic heterocycles. The van der Waals surface area contributed by atoms with Gasteiger partial charge in [0.15, 0.2) is 0 Å². The van der Waals surface area contributed by atoms with Crippen molar-refractivity contribution < 1.29 is 4.79 Å². The maximum Gasteiger partial charge on any atom is 0.255 e. The van der Waals surface area contributed by atoms with Crippen LogP contribution in [0.3, 0.4) is 0 Å². The molecule has 5 heteroatoms. The lowest BCUT2D eigenvalue weighted by atomic mass is 10.2. The first kappa shape index (κ1) is 10.6. The number of amides is 1. The predicted molar refractivity (Wildman–Crippen MR) is 52.7 cm³/mol. The molecule has 0 fully saturated rings. The molecule has 0 atom stereocenters. The molecule has 0 spiro atoms. The van der Waals surface area contributed by atoms with Gasteiger partial charge in [-0.25, -0.2) is 0 Å². The van der Waals surface area contributed by atoms with Crippen molar-refractivity contribution in [1.29, 1.82) is 0 Å². The van der Waals surface area contributed by atoms with Gasteiger partial charge in [-0.15, -0.1) is 0 Å². The largest absolute Gasteiger partial charge is 0.342 e. The van der Waals surface area contributed by atoms with Gasteiger partial charge >= 0.3 is 0 Å². The van der Waals surface area contributed by atoms with E-state index in [9.17, 15) is 4.79 Å². The fourth-order valence-electron chi connectivity index (χ4n) is 1.07. The SMILES string of the molecule is CN(CCCN)C(=O)c1ccnnc1. The highest BCUT2D eigenvalue weighted by Gasteiger charge is 2.10. The second-order valence-corrected chi connectivity index (χ2v) is 3.00. The summed E-state index contributed by atoms with van der Waals surface area (Å²) in [6, 6.07) is 1.65. The highest BCUT2D eigenvalue weighted by Crippen LogP contribution is 2.00. The number of nitrogens with two attached hydrogens (primary N) is 1. The van der Waals surface area contributed by atoms with Gasteiger partial charge in [0.1, 0.15) is 0 Å². The zero-order chi connectivity index (χ0) is 10.4. The lowest BCUT2D eigenvalue weighted by Gasteiger charge is -2.15. The van der Waals surface area contributed by atoms with Gasteiger partial charge in [-0.3, -0.25) is 4.79 Å². The zero-order valence-electron chi connectivity index (χ0n) is 8.18. The van der Waals surface area contributed by atoms with E-state index >= 15 is 0 Å². The number of nitrogens with zero attached hydrogens (tertiary/aromatic N) is 3. The zero-order valence-corrected chi connectivity index (χ0v) is 8.18. The van der Waals surface area contributed by atoms with Crippen molar-refractivity contribution in [2.75, 3.05) is 20.1 Å². The molecule has 0 aliphatic rings. The van der Waals surface area contributed by atoms with Gasteiger partial charge in [0.2, 0.25) is 0 Å². The highest BCUT2D eigenvalue weighted by atomic mass is 16.2. The van der Waals surface area contributed by atoms with Crippen molar-refractivity contribution >= 4 is 5.91 Å². The number of carbonyl (C=O) groups is 1. The van der Waals surface area contributed by atoms with Crippen molar-refractivity contribution in [2.24, 2.45) is 5.73 Å². The van der Waals surface area contributed by atoms with Crippen molar-refractivity contribution in [1.82, 2.24) is 15.1 Å². The summed E-state index contributed by atoms with van der Waals surface area (Å²) in [6.07, 6.45) is 3.77. The van der Waals surface area contributed by atoms with Crippen LogP contribution in [0.5, 0.6) is 0 Å². The van der Waals surface area contributed by atoms with E-state index in [2.05, 4.69) is 10.2 Å². The maximum absolute atomic E-state index is 11.7. The van der Waals surface area contributed by atoms with Gasteiger partial charge < -0.3 is 10.6 Å². The molecule has 1 amide bonds. The second kappa shape index (κ2) is 5.29. The highest BCUT2D eigenvalue weighted by molar-refractivity contribution is 5.93. The van der Waals surface area contributed by atoms with Crippen molar-refractivity contribution in [3.63, 3.8) is 0 Å². The molecule has 0 saturated carbocycles. The first-order valence-electron chi connectivity index (χ1n) is 4.48. The molecule has 5 nitrogen and oxygen atoms in total. The van der Waals surface area contributed by atoms with Crippen LogP contribution in [-0.2, 0) is 0 Å². The molecule has 1 heterocycles. The lowest BCUT2D eigenvalue weighted by Crippen LogP contribution is -2.29. The van der Waals surface area contributed by atoms with Crippen LogP contribution in [0.25, 0.3) is 0 Å². The average Bonchev–Trinajstić information content (AvgIpc) is 2.26. The third-order valence-electron chi connectivity index (χ3n) is 1.88. The van der Waals surface area contributed by atoms with E-state index in [0.717, 1.165) is 6.42 Å². The van der Waals surface area contributed by atoms with Crippen LogP contribution < -0.4 is 5.73 Å². The Morgan fingerprint density at radius 2 is 2.36 bits per heavy atom. The molecule has 0 saturated heterocycles. The van der Waals surface area contributed by atoms with Crippen molar-refractivity contribution in [3.8, 4) is 0 Å². The molecule has 0 bridgehead atoms. The standard InChI is InChI=1S/C9H14N4O/c1-13(6-2-4-10)9(14)8-3-5-11-12-7-8/h3,5,7H,2,4,6,10H2,1H3. The second-order valence-electron chi connectivity index (χ2n) is 3.00. The fourth-order valence-corrected chi connectivity index (χ4v) is 1.07. The van der Waals surface area contributed by atoms with Gasteiger partial charge in [-0.1, -0.05) is 0 Å². The van der Waals surface area contributed by atoms with E-state index in [4.69, 9.17) is 5.73 Å².